The zero-order valence-electron chi connectivity index (χ0n) is 15.2. The van der Waals surface area contributed by atoms with Crippen molar-refractivity contribution in [3.8, 4) is 11.1 Å². The molecule has 0 N–H and O–H groups in total. The monoisotopic (exact) mass is 320 g/mol. The molecule has 1 aromatic heterocycles. The molecule has 1 unspecified atom stereocenters. The maximum Gasteiger partial charge on any atom is 0.0394 e. The van der Waals surface area contributed by atoms with Gasteiger partial charge in [0.25, 0.3) is 0 Å². The summed E-state index contributed by atoms with van der Waals surface area (Å²) in [6.45, 7) is 6.20. The Morgan fingerprint density at radius 1 is 1.29 bits per heavy atom. The quantitative estimate of drug-likeness (QED) is 0.688. The van der Waals surface area contributed by atoms with Crippen molar-refractivity contribution in [3.05, 3.63) is 59.9 Å². The lowest BCUT2D eigenvalue weighted by Crippen LogP contribution is -2.12. The number of aryl methyl sites for hydroxylation is 1. The van der Waals surface area contributed by atoms with E-state index in [9.17, 15) is 0 Å². The van der Waals surface area contributed by atoms with Gasteiger partial charge in [0.05, 0.1) is 0 Å². The molecular formula is C22H28N2. The van der Waals surface area contributed by atoms with E-state index < -0.39 is 0 Å². The molecule has 2 aromatic rings. The Hall–Kier alpha value is -2.09. The van der Waals surface area contributed by atoms with Crippen LogP contribution in [0.4, 0.5) is 5.69 Å². The third kappa shape index (κ3) is 3.24. The first kappa shape index (κ1) is 16.8. The number of allylic oxidation sites excluding steroid dienone is 1. The topological polar surface area (TPSA) is 16.1 Å². The summed E-state index contributed by atoms with van der Waals surface area (Å²) in [5.41, 5.74) is 8.27. The summed E-state index contributed by atoms with van der Waals surface area (Å²) in [6.07, 6.45) is 11.9. The summed E-state index contributed by atoms with van der Waals surface area (Å²) in [5, 5.41) is 0. The second-order valence-corrected chi connectivity index (χ2v) is 7.11. The molecule has 1 heterocycles. The first-order chi connectivity index (χ1) is 11.6. The summed E-state index contributed by atoms with van der Waals surface area (Å²) in [7, 11) is 4.22. The minimum Gasteiger partial charge on any atom is -0.377 e. The molecule has 1 aliphatic carbocycles. The summed E-state index contributed by atoms with van der Waals surface area (Å²) in [4.78, 5) is 6.74. The second-order valence-electron chi connectivity index (χ2n) is 7.11. The molecule has 0 amide bonds. The van der Waals surface area contributed by atoms with E-state index >= 15 is 0 Å². The lowest BCUT2D eigenvalue weighted by molar-refractivity contribution is 0.588. The Kier molecular flexibility index (Phi) is 5.03. The van der Waals surface area contributed by atoms with Crippen LogP contribution in [0.2, 0.25) is 0 Å². The molecule has 1 aliphatic rings. The molecule has 3 rings (SSSR count). The SMILES string of the molecule is C=CCCc1cc(-c2cncc3c2CCCC3C)ccc1N(C)C. The average Bonchev–Trinajstić information content (AvgIpc) is 2.59. The van der Waals surface area contributed by atoms with Crippen molar-refractivity contribution in [1.82, 2.24) is 4.98 Å². The molecule has 0 spiro atoms. The van der Waals surface area contributed by atoms with E-state index in [1.54, 1.807) is 0 Å². The fourth-order valence-electron chi connectivity index (χ4n) is 3.84. The van der Waals surface area contributed by atoms with E-state index in [0.29, 0.717) is 5.92 Å². The zero-order chi connectivity index (χ0) is 17.1. The van der Waals surface area contributed by atoms with E-state index in [0.717, 1.165) is 12.8 Å². The van der Waals surface area contributed by atoms with Gasteiger partial charge in [-0.25, -0.2) is 0 Å². The number of nitrogens with zero attached hydrogens (tertiary/aromatic N) is 2. The second kappa shape index (κ2) is 7.21. The van der Waals surface area contributed by atoms with E-state index in [4.69, 9.17) is 0 Å². The van der Waals surface area contributed by atoms with Crippen LogP contribution in [-0.2, 0) is 12.8 Å². The van der Waals surface area contributed by atoms with Gasteiger partial charge in [-0.2, -0.15) is 0 Å². The van der Waals surface area contributed by atoms with Crippen LogP contribution in [0, 0.1) is 0 Å². The molecule has 0 fully saturated rings. The van der Waals surface area contributed by atoms with Crippen LogP contribution in [-0.4, -0.2) is 19.1 Å². The first-order valence-corrected chi connectivity index (χ1v) is 9.00. The highest BCUT2D eigenvalue weighted by Gasteiger charge is 2.20. The van der Waals surface area contributed by atoms with Crippen LogP contribution < -0.4 is 4.90 Å². The number of aromatic nitrogens is 1. The van der Waals surface area contributed by atoms with Gasteiger partial charge in [0.1, 0.15) is 0 Å². The Morgan fingerprint density at radius 3 is 2.88 bits per heavy atom. The Balaban J connectivity index is 2.07. The van der Waals surface area contributed by atoms with Gasteiger partial charge in [-0.15, -0.1) is 6.58 Å². The fourth-order valence-corrected chi connectivity index (χ4v) is 3.84. The van der Waals surface area contributed by atoms with Gasteiger partial charge in [-0.3, -0.25) is 4.98 Å². The Morgan fingerprint density at radius 2 is 2.12 bits per heavy atom. The summed E-state index contributed by atoms with van der Waals surface area (Å²) < 4.78 is 0. The fraction of sp³-hybridized carbons (Fsp3) is 0.409. The van der Waals surface area contributed by atoms with Crippen LogP contribution >= 0.6 is 0 Å². The summed E-state index contributed by atoms with van der Waals surface area (Å²) >= 11 is 0. The van der Waals surface area contributed by atoms with Crippen molar-refractivity contribution in [3.63, 3.8) is 0 Å². The molecule has 0 radical (unpaired) electrons. The van der Waals surface area contributed by atoms with Crippen molar-refractivity contribution >= 4 is 5.69 Å². The molecule has 1 atom stereocenters. The van der Waals surface area contributed by atoms with Crippen LogP contribution in [0.25, 0.3) is 11.1 Å². The summed E-state index contributed by atoms with van der Waals surface area (Å²) in [5.74, 6) is 0.627. The lowest BCUT2D eigenvalue weighted by Gasteiger charge is -2.25. The number of hydrogen-bond donors (Lipinski definition) is 0. The predicted molar refractivity (Wildman–Crippen MR) is 104 cm³/mol. The van der Waals surface area contributed by atoms with Crippen molar-refractivity contribution in [2.24, 2.45) is 0 Å². The average molecular weight is 320 g/mol. The van der Waals surface area contributed by atoms with Gasteiger partial charge in [-0.05, 0) is 72.4 Å². The first-order valence-electron chi connectivity index (χ1n) is 9.00. The van der Waals surface area contributed by atoms with Gasteiger partial charge in [-0.1, -0.05) is 19.1 Å². The van der Waals surface area contributed by atoms with Gasteiger partial charge in [0.2, 0.25) is 0 Å². The number of pyridine rings is 1. The molecule has 0 saturated carbocycles. The van der Waals surface area contributed by atoms with Crippen molar-refractivity contribution in [2.45, 2.75) is 44.9 Å². The van der Waals surface area contributed by atoms with Crippen molar-refractivity contribution < 1.29 is 0 Å². The smallest absolute Gasteiger partial charge is 0.0394 e. The maximum absolute atomic E-state index is 4.55. The van der Waals surface area contributed by atoms with Gasteiger partial charge >= 0.3 is 0 Å². The van der Waals surface area contributed by atoms with E-state index in [2.05, 4.69) is 68.1 Å². The molecule has 24 heavy (non-hydrogen) atoms. The number of rotatable bonds is 5. The van der Waals surface area contributed by atoms with Crippen LogP contribution in [0.5, 0.6) is 0 Å². The van der Waals surface area contributed by atoms with Crippen LogP contribution in [0.1, 0.15) is 48.8 Å². The molecule has 0 saturated heterocycles. The lowest BCUT2D eigenvalue weighted by atomic mass is 9.81. The minimum atomic E-state index is 0.627. The zero-order valence-corrected chi connectivity index (χ0v) is 15.2. The highest BCUT2D eigenvalue weighted by atomic mass is 15.1. The number of anilines is 1. The normalized spacial score (nSPS) is 16.5. The number of benzene rings is 1. The molecule has 2 nitrogen and oxygen atoms in total. The number of fused-ring (bicyclic) bond motifs is 1. The Labute approximate surface area is 146 Å². The van der Waals surface area contributed by atoms with Crippen LogP contribution in [0.15, 0.2) is 43.2 Å². The third-order valence-electron chi connectivity index (χ3n) is 5.18. The molecule has 1 aromatic carbocycles. The summed E-state index contributed by atoms with van der Waals surface area (Å²) in [6, 6.07) is 6.86. The highest BCUT2D eigenvalue weighted by Crippen LogP contribution is 2.37. The largest absolute Gasteiger partial charge is 0.377 e. The van der Waals surface area contributed by atoms with Crippen molar-refractivity contribution in [1.29, 1.82) is 0 Å². The van der Waals surface area contributed by atoms with E-state index in [1.807, 2.05) is 6.08 Å². The molecule has 2 heteroatoms. The maximum atomic E-state index is 4.55. The van der Waals surface area contributed by atoms with E-state index in [1.165, 1.54) is 52.8 Å². The molecular weight excluding hydrogens is 292 g/mol. The van der Waals surface area contributed by atoms with Gasteiger partial charge < -0.3 is 4.90 Å². The number of hydrogen-bond acceptors (Lipinski definition) is 2. The Bertz CT molecular complexity index is 731. The van der Waals surface area contributed by atoms with Crippen LogP contribution in [0.3, 0.4) is 0 Å². The standard InChI is InChI=1S/C22H28N2/c1-5-6-9-18-13-17(11-12-22(18)24(3)4)21-15-23-14-20-16(2)8-7-10-19(20)21/h5,11-16H,1,6-10H2,2-4H3. The van der Waals surface area contributed by atoms with Crippen molar-refractivity contribution in [2.75, 3.05) is 19.0 Å². The highest BCUT2D eigenvalue weighted by molar-refractivity contribution is 5.72. The van der Waals surface area contributed by atoms with Gasteiger partial charge in [0.15, 0.2) is 0 Å². The van der Waals surface area contributed by atoms with Gasteiger partial charge in [0, 0.05) is 37.7 Å². The molecule has 0 aliphatic heterocycles. The molecule has 126 valence electrons. The minimum absolute atomic E-state index is 0.627. The van der Waals surface area contributed by atoms with E-state index in [-0.39, 0.29) is 0 Å². The predicted octanol–water partition coefficient (Wildman–Crippen LogP) is 5.37. The molecule has 0 bridgehead atoms. The third-order valence-corrected chi connectivity index (χ3v) is 5.18.